The molecule has 192 valence electrons. The van der Waals surface area contributed by atoms with Gasteiger partial charge >= 0.3 is 0 Å². The Morgan fingerprint density at radius 2 is 1.71 bits per heavy atom. The summed E-state index contributed by atoms with van der Waals surface area (Å²) in [6.45, 7) is 6.52. The summed E-state index contributed by atoms with van der Waals surface area (Å²) >= 11 is 18.5. The molecule has 0 radical (unpaired) electrons. The van der Waals surface area contributed by atoms with Gasteiger partial charge < -0.3 is 10.2 Å². The number of carbonyl (C=O) groups is 2. The molecule has 0 bridgehead atoms. The number of nitrogens with one attached hydrogen (secondary N) is 1. The van der Waals surface area contributed by atoms with Crippen LogP contribution in [-0.4, -0.2) is 50.0 Å². The third-order valence-corrected chi connectivity index (χ3v) is 7.83. The number of halogens is 3. The zero-order chi connectivity index (χ0) is 26.5. The first-order valence-corrected chi connectivity index (χ1v) is 14.0. The van der Waals surface area contributed by atoms with Crippen molar-refractivity contribution in [3.05, 3.63) is 62.6 Å². The van der Waals surface area contributed by atoms with Crippen LogP contribution in [0.4, 0.5) is 5.69 Å². The van der Waals surface area contributed by atoms with Crippen molar-refractivity contribution in [3.63, 3.8) is 0 Å². The van der Waals surface area contributed by atoms with Gasteiger partial charge in [0.1, 0.15) is 12.6 Å². The van der Waals surface area contributed by atoms with Gasteiger partial charge in [-0.25, -0.2) is 8.42 Å². The largest absolute Gasteiger partial charge is 0.352 e. The van der Waals surface area contributed by atoms with Gasteiger partial charge in [-0.3, -0.25) is 13.9 Å². The second-order valence-electron chi connectivity index (χ2n) is 8.40. The molecule has 0 aromatic heterocycles. The molecule has 0 aliphatic carbocycles. The van der Waals surface area contributed by atoms with Crippen LogP contribution in [-0.2, 0) is 26.2 Å². The SMILES string of the molecule is CC[C@@H](C)NC(=O)[C@H](C)N(Cc1ccc(Cl)cc1Cl)C(=O)CN(c1cccc(Cl)c1C)S(C)(=O)=O. The number of rotatable bonds is 10. The van der Waals surface area contributed by atoms with Gasteiger partial charge in [-0.1, -0.05) is 53.9 Å². The van der Waals surface area contributed by atoms with Gasteiger partial charge in [0.2, 0.25) is 21.8 Å². The number of carbonyl (C=O) groups excluding carboxylic acids is 2. The van der Waals surface area contributed by atoms with E-state index in [1.807, 2.05) is 13.8 Å². The van der Waals surface area contributed by atoms with Crippen molar-refractivity contribution in [2.24, 2.45) is 0 Å². The van der Waals surface area contributed by atoms with Crippen LogP contribution in [0.1, 0.15) is 38.3 Å². The molecule has 2 amide bonds. The molecule has 2 aromatic carbocycles. The minimum absolute atomic E-state index is 0.0178. The number of amides is 2. The zero-order valence-corrected chi connectivity index (χ0v) is 23.4. The van der Waals surface area contributed by atoms with E-state index < -0.39 is 28.5 Å². The lowest BCUT2D eigenvalue weighted by Gasteiger charge is -2.32. The fraction of sp³-hybridized carbons (Fsp3) is 0.417. The Labute approximate surface area is 222 Å². The average Bonchev–Trinajstić information content (AvgIpc) is 2.77. The van der Waals surface area contributed by atoms with Gasteiger partial charge in [0.25, 0.3) is 0 Å². The topological polar surface area (TPSA) is 86.8 Å². The molecule has 0 unspecified atom stereocenters. The number of sulfonamides is 1. The number of benzene rings is 2. The Hall–Kier alpha value is -2.00. The van der Waals surface area contributed by atoms with E-state index in [9.17, 15) is 18.0 Å². The number of hydrogen-bond acceptors (Lipinski definition) is 4. The van der Waals surface area contributed by atoms with Gasteiger partial charge in [0.05, 0.1) is 11.9 Å². The van der Waals surface area contributed by atoms with Gasteiger partial charge in [0.15, 0.2) is 0 Å². The summed E-state index contributed by atoms with van der Waals surface area (Å²) in [6, 6.07) is 8.68. The first kappa shape index (κ1) is 29.2. The second kappa shape index (κ2) is 12.3. The van der Waals surface area contributed by atoms with Crippen molar-refractivity contribution in [1.29, 1.82) is 0 Å². The average molecular weight is 563 g/mol. The van der Waals surface area contributed by atoms with Gasteiger partial charge in [-0.05, 0) is 62.6 Å². The predicted molar refractivity (Wildman–Crippen MR) is 143 cm³/mol. The summed E-state index contributed by atoms with van der Waals surface area (Å²) in [4.78, 5) is 27.8. The third kappa shape index (κ3) is 7.74. The maximum Gasteiger partial charge on any atom is 0.244 e. The van der Waals surface area contributed by atoms with E-state index in [0.717, 1.165) is 10.6 Å². The normalized spacial score (nSPS) is 13.1. The van der Waals surface area contributed by atoms with Crippen LogP contribution in [0.2, 0.25) is 15.1 Å². The molecule has 0 saturated carbocycles. The molecule has 0 heterocycles. The quantitative estimate of drug-likeness (QED) is 0.439. The van der Waals surface area contributed by atoms with Crippen molar-refractivity contribution in [3.8, 4) is 0 Å². The molecule has 2 aromatic rings. The number of nitrogens with zero attached hydrogens (tertiary/aromatic N) is 2. The number of hydrogen-bond donors (Lipinski definition) is 1. The highest BCUT2D eigenvalue weighted by Crippen LogP contribution is 2.29. The minimum Gasteiger partial charge on any atom is -0.352 e. The maximum absolute atomic E-state index is 13.6. The van der Waals surface area contributed by atoms with E-state index in [-0.39, 0.29) is 24.2 Å². The summed E-state index contributed by atoms with van der Waals surface area (Å²) < 4.78 is 26.4. The molecular formula is C24H30Cl3N3O4S. The molecule has 0 saturated heterocycles. The fourth-order valence-electron chi connectivity index (χ4n) is 3.34. The van der Waals surface area contributed by atoms with Crippen LogP contribution < -0.4 is 9.62 Å². The molecule has 0 aliphatic rings. The highest BCUT2D eigenvalue weighted by molar-refractivity contribution is 7.92. The highest BCUT2D eigenvalue weighted by atomic mass is 35.5. The van der Waals surface area contributed by atoms with E-state index in [1.165, 1.54) is 4.90 Å². The first-order chi connectivity index (χ1) is 16.3. The van der Waals surface area contributed by atoms with Gasteiger partial charge in [-0.15, -0.1) is 0 Å². The van der Waals surface area contributed by atoms with Crippen molar-refractivity contribution >= 4 is 62.3 Å². The van der Waals surface area contributed by atoms with Crippen LogP contribution in [0.15, 0.2) is 36.4 Å². The molecule has 2 rings (SSSR count). The van der Waals surface area contributed by atoms with E-state index in [0.29, 0.717) is 32.6 Å². The standard InChI is InChI=1S/C24H30Cl3N3O4S/c1-6-15(2)28-24(32)17(4)29(13-18-10-11-19(25)12-21(18)27)23(31)14-30(35(5,33)34)22-9-7-8-20(26)16(22)3/h7-12,15,17H,6,13-14H2,1-5H3,(H,28,32)/t15-,17+/m1/s1. The molecule has 1 N–H and O–H groups in total. The number of anilines is 1. The van der Waals surface area contributed by atoms with Crippen LogP contribution in [0.5, 0.6) is 0 Å². The third-order valence-electron chi connectivity index (χ3n) is 5.71. The van der Waals surface area contributed by atoms with Crippen molar-refractivity contribution in [2.75, 3.05) is 17.1 Å². The van der Waals surface area contributed by atoms with Gasteiger partial charge in [0, 0.05) is 27.7 Å². The first-order valence-electron chi connectivity index (χ1n) is 11.0. The molecule has 0 fully saturated rings. The summed E-state index contributed by atoms with van der Waals surface area (Å²) in [5, 5.41) is 4.00. The lowest BCUT2D eigenvalue weighted by atomic mass is 10.1. The van der Waals surface area contributed by atoms with Crippen molar-refractivity contribution in [2.45, 2.75) is 52.7 Å². The summed E-state index contributed by atoms with van der Waals surface area (Å²) in [6.07, 6.45) is 1.73. The Morgan fingerprint density at radius 3 is 2.29 bits per heavy atom. The minimum atomic E-state index is -3.86. The smallest absolute Gasteiger partial charge is 0.244 e. The zero-order valence-electron chi connectivity index (χ0n) is 20.3. The molecule has 2 atom stereocenters. The maximum atomic E-state index is 13.6. The molecule has 11 heteroatoms. The van der Waals surface area contributed by atoms with E-state index in [1.54, 1.807) is 50.2 Å². The van der Waals surface area contributed by atoms with Crippen molar-refractivity contribution in [1.82, 2.24) is 10.2 Å². The Kier molecular flexibility index (Phi) is 10.3. The molecule has 7 nitrogen and oxygen atoms in total. The molecule has 0 spiro atoms. The molecule has 35 heavy (non-hydrogen) atoms. The van der Waals surface area contributed by atoms with Crippen LogP contribution in [0.25, 0.3) is 0 Å². The highest BCUT2D eigenvalue weighted by Gasteiger charge is 2.31. The van der Waals surface area contributed by atoms with Gasteiger partial charge in [-0.2, -0.15) is 0 Å². The summed E-state index contributed by atoms with van der Waals surface area (Å²) in [5.41, 5.74) is 1.37. The lowest BCUT2D eigenvalue weighted by molar-refractivity contribution is -0.139. The molecular weight excluding hydrogens is 533 g/mol. The van der Waals surface area contributed by atoms with E-state index >= 15 is 0 Å². The Morgan fingerprint density at radius 1 is 1.06 bits per heavy atom. The predicted octanol–water partition coefficient (Wildman–Crippen LogP) is 5.05. The lowest BCUT2D eigenvalue weighted by Crippen LogP contribution is -2.52. The second-order valence-corrected chi connectivity index (χ2v) is 11.6. The Balaban J connectivity index is 2.47. The van der Waals surface area contributed by atoms with E-state index in [4.69, 9.17) is 34.8 Å². The Bertz CT molecular complexity index is 1190. The van der Waals surface area contributed by atoms with Crippen LogP contribution in [0.3, 0.4) is 0 Å². The monoisotopic (exact) mass is 561 g/mol. The van der Waals surface area contributed by atoms with Crippen molar-refractivity contribution < 1.29 is 18.0 Å². The van der Waals surface area contributed by atoms with Crippen LogP contribution >= 0.6 is 34.8 Å². The fourth-order valence-corrected chi connectivity index (χ4v) is 4.88. The summed E-state index contributed by atoms with van der Waals surface area (Å²) in [5.74, 6) is -0.935. The van der Waals surface area contributed by atoms with Crippen LogP contribution in [0, 0.1) is 6.92 Å². The molecule has 0 aliphatic heterocycles. The van der Waals surface area contributed by atoms with E-state index in [2.05, 4.69) is 5.32 Å². The summed E-state index contributed by atoms with van der Waals surface area (Å²) in [7, 11) is -3.86.